The van der Waals surface area contributed by atoms with Crippen molar-refractivity contribution in [1.82, 2.24) is 29.6 Å². The summed E-state index contributed by atoms with van der Waals surface area (Å²) >= 11 is 1.50. The van der Waals surface area contributed by atoms with Gasteiger partial charge >= 0.3 is 0 Å². The molecule has 0 spiro atoms. The zero-order valence-electron chi connectivity index (χ0n) is 16.1. The second-order valence-corrected chi connectivity index (χ2v) is 7.76. The number of rotatable bonds is 4. The number of carbonyl (C=O) groups is 1. The maximum absolute atomic E-state index is 12.9. The molecule has 1 aliphatic heterocycles. The number of anilines is 1. The van der Waals surface area contributed by atoms with Gasteiger partial charge in [0, 0.05) is 49.5 Å². The third-order valence-electron chi connectivity index (χ3n) is 5.04. The van der Waals surface area contributed by atoms with Crippen LogP contribution in [0.4, 0.5) is 5.82 Å². The minimum absolute atomic E-state index is 0.0189. The van der Waals surface area contributed by atoms with Gasteiger partial charge in [0.15, 0.2) is 11.6 Å². The van der Waals surface area contributed by atoms with Crippen molar-refractivity contribution in [3.05, 3.63) is 72.3 Å². The van der Waals surface area contributed by atoms with Crippen LogP contribution in [0.3, 0.4) is 0 Å². The van der Waals surface area contributed by atoms with Crippen LogP contribution in [-0.4, -0.2) is 61.7 Å². The van der Waals surface area contributed by atoms with Crippen molar-refractivity contribution in [1.29, 1.82) is 0 Å². The van der Waals surface area contributed by atoms with Crippen LogP contribution in [0.2, 0.25) is 0 Å². The van der Waals surface area contributed by atoms with Crippen LogP contribution >= 0.6 is 11.3 Å². The summed E-state index contributed by atoms with van der Waals surface area (Å²) in [6.45, 7) is 2.67. The predicted molar refractivity (Wildman–Crippen MR) is 115 cm³/mol. The highest BCUT2D eigenvalue weighted by molar-refractivity contribution is 7.13. The highest BCUT2D eigenvalue weighted by Gasteiger charge is 2.24. The van der Waals surface area contributed by atoms with Crippen molar-refractivity contribution in [2.24, 2.45) is 0 Å². The topological polar surface area (TPSA) is 80.0 Å². The summed E-state index contributed by atoms with van der Waals surface area (Å²) in [4.78, 5) is 25.5. The Morgan fingerprint density at radius 1 is 0.933 bits per heavy atom. The maximum atomic E-state index is 12.9. The van der Waals surface area contributed by atoms with E-state index in [1.807, 2.05) is 63.5 Å². The molecule has 1 aromatic carbocycles. The summed E-state index contributed by atoms with van der Waals surface area (Å²) in [7, 11) is 0. The first-order valence-corrected chi connectivity index (χ1v) is 10.5. The van der Waals surface area contributed by atoms with Crippen LogP contribution in [0.1, 0.15) is 10.5 Å². The molecule has 5 rings (SSSR count). The lowest BCUT2D eigenvalue weighted by Crippen LogP contribution is -2.49. The molecule has 0 bridgehead atoms. The number of hydrogen-bond donors (Lipinski definition) is 0. The Kier molecular flexibility index (Phi) is 4.94. The fraction of sp³-hybridized carbons (Fsp3) is 0.190. The predicted octanol–water partition coefficient (Wildman–Crippen LogP) is 2.75. The van der Waals surface area contributed by atoms with Gasteiger partial charge in [-0.15, -0.1) is 21.5 Å². The van der Waals surface area contributed by atoms with Gasteiger partial charge in [0.05, 0.1) is 0 Å². The van der Waals surface area contributed by atoms with Crippen molar-refractivity contribution in [3.63, 3.8) is 0 Å². The van der Waals surface area contributed by atoms with Crippen LogP contribution in [0.5, 0.6) is 0 Å². The molecule has 150 valence electrons. The van der Waals surface area contributed by atoms with Gasteiger partial charge in [-0.05, 0) is 12.1 Å². The van der Waals surface area contributed by atoms with Crippen molar-refractivity contribution in [2.45, 2.75) is 0 Å². The molecule has 30 heavy (non-hydrogen) atoms. The standard InChI is InChI=1S/C21H19N7OS/c29-21(17-14-30-20(23-17)16-4-2-1-3-5-16)27-12-10-26(11-13-27)18-6-7-19(25-24-18)28-9-8-22-15-28/h1-9,14-15H,10-13H2. The van der Waals surface area contributed by atoms with Crippen molar-refractivity contribution in [3.8, 4) is 16.4 Å². The van der Waals surface area contributed by atoms with Gasteiger partial charge < -0.3 is 9.80 Å². The molecule has 0 N–H and O–H groups in total. The number of piperazine rings is 1. The number of benzene rings is 1. The van der Waals surface area contributed by atoms with Crippen molar-refractivity contribution in [2.75, 3.05) is 31.1 Å². The van der Waals surface area contributed by atoms with Crippen LogP contribution in [0.15, 0.2) is 66.6 Å². The molecule has 1 fully saturated rings. The van der Waals surface area contributed by atoms with E-state index in [1.54, 1.807) is 12.5 Å². The largest absolute Gasteiger partial charge is 0.352 e. The quantitative estimate of drug-likeness (QED) is 0.508. The molecule has 1 aliphatic rings. The lowest BCUT2D eigenvalue weighted by molar-refractivity contribution is 0.0741. The summed E-state index contributed by atoms with van der Waals surface area (Å²) in [5.41, 5.74) is 1.54. The number of hydrogen-bond acceptors (Lipinski definition) is 7. The van der Waals surface area contributed by atoms with E-state index in [4.69, 9.17) is 0 Å². The van der Waals surface area contributed by atoms with E-state index in [9.17, 15) is 4.79 Å². The van der Waals surface area contributed by atoms with Gasteiger partial charge in [-0.2, -0.15) is 0 Å². The number of nitrogens with zero attached hydrogens (tertiary/aromatic N) is 7. The molecule has 0 saturated carbocycles. The number of carbonyl (C=O) groups excluding carboxylic acids is 1. The summed E-state index contributed by atoms with van der Waals surface area (Å²) in [5.74, 6) is 1.52. The SMILES string of the molecule is O=C(c1csc(-c2ccccc2)n1)N1CCN(c2ccc(-n3ccnc3)nn2)CC1. The van der Waals surface area contributed by atoms with Gasteiger partial charge in [-0.3, -0.25) is 9.36 Å². The minimum Gasteiger partial charge on any atom is -0.352 e. The van der Waals surface area contributed by atoms with E-state index in [0.717, 1.165) is 22.2 Å². The molecule has 0 unspecified atom stereocenters. The Hall–Kier alpha value is -3.59. The number of imidazole rings is 1. The normalized spacial score (nSPS) is 14.1. The van der Waals surface area contributed by atoms with Gasteiger partial charge in [0.1, 0.15) is 17.0 Å². The maximum Gasteiger partial charge on any atom is 0.273 e. The average molecular weight is 417 g/mol. The third kappa shape index (κ3) is 3.67. The minimum atomic E-state index is -0.0189. The first-order chi connectivity index (χ1) is 14.8. The third-order valence-corrected chi connectivity index (χ3v) is 5.93. The second kappa shape index (κ2) is 8.03. The van der Waals surface area contributed by atoms with Crippen molar-refractivity contribution < 1.29 is 4.79 Å². The molecule has 3 aromatic heterocycles. The molecule has 8 nitrogen and oxygen atoms in total. The molecule has 4 aromatic rings. The van der Waals surface area contributed by atoms with Crippen LogP contribution in [-0.2, 0) is 0 Å². The van der Waals surface area contributed by atoms with Crippen LogP contribution < -0.4 is 4.90 Å². The lowest BCUT2D eigenvalue weighted by atomic mass is 10.2. The molecule has 0 aliphatic carbocycles. The molecule has 1 amide bonds. The van der Waals surface area contributed by atoms with Gasteiger partial charge in [-0.25, -0.2) is 9.97 Å². The smallest absolute Gasteiger partial charge is 0.273 e. The van der Waals surface area contributed by atoms with E-state index in [0.29, 0.717) is 31.9 Å². The molecule has 0 atom stereocenters. The van der Waals surface area contributed by atoms with Gasteiger partial charge in [0.25, 0.3) is 5.91 Å². The van der Waals surface area contributed by atoms with E-state index < -0.39 is 0 Å². The van der Waals surface area contributed by atoms with Crippen molar-refractivity contribution >= 4 is 23.1 Å². The first kappa shape index (κ1) is 18.4. The Morgan fingerprint density at radius 3 is 2.40 bits per heavy atom. The Labute approximate surface area is 177 Å². The number of amides is 1. The van der Waals surface area contributed by atoms with Crippen LogP contribution in [0, 0.1) is 0 Å². The fourth-order valence-electron chi connectivity index (χ4n) is 3.41. The van der Waals surface area contributed by atoms with E-state index in [-0.39, 0.29) is 5.91 Å². The lowest BCUT2D eigenvalue weighted by Gasteiger charge is -2.34. The van der Waals surface area contributed by atoms with Gasteiger partial charge in [0.2, 0.25) is 0 Å². The first-order valence-electron chi connectivity index (χ1n) is 9.65. The van der Waals surface area contributed by atoms with E-state index >= 15 is 0 Å². The Morgan fingerprint density at radius 2 is 1.70 bits per heavy atom. The highest BCUT2D eigenvalue weighted by Crippen LogP contribution is 2.24. The Bertz CT molecular complexity index is 1120. The van der Waals surface area contributed by atoms with Gasteiger partial charge in [-0.1, -0.05) is 30.3 Å². The summed E-state index contributed by atoms with van der Waals surface area (Å²) in [5, 5.41) is 11.3. The molecule has 1 saturated heterocycles. The summed E-state index contributed by atoms with van der Waals surface area (Å²) in [6, 6.07) is 13.8. The Balaban J connectivity index is 1.22. The molecule has 4 heterocycles. The fourth-order valence-corrected chi connectivity index (χ4v) is 4.21. The summed E-state index contributed by atoms with van der Waals surface area (Å²) in [6.07, 6.45) is 5.22. The highest BCUT2D eigenvalue weighted by atomic mass is 32.1. The summed E-state index contributed by atoms with van der Waals surface area (Å²) < 4.78 is 1.81. The monoisotopic (exact) mass is 417 g/mol. The van der Waals surface area contributed by atoms with E-state index in [1.165, 1.54) is 11.3 Å². The second-order valence-electron chi connectivity index (χ2n) is 6.90. The molecular weight excluding hydrogens is 398 g/mol. The zero-order chi connectivity index (χ0) is 20.3. The number of aromatic nitrogens is 5. The number of thiazole rings is 1. The molecule has 9 heteroatoms. The van der Waals surface area contributed by atoms with E-state index in [2.05, 4.69) is 25.1 Å². The zero-order valence-corrected chi connectivity index (χ0v) is 16.9. The molecule has 0 radical (unpaired) electrons. The van der Waals surface area contributed by atoms with Crippen LogP contribution in [0.25, 0.3) is 16.4 Å². The molecular formula is C21H19N7OS. The average Bonchev–Trinajstić information content (AvgIpc) is 3.52.